The Balaban J connectivity index is 2.74. The standard InChI is InChI=1S/C18H24N2O3/c1-4-20(5-2)17-9-7-15(8-10-17)13-16(14-19)18(21)23-12-11-22-6-3/h7-10,13H,4-6,11-12H2,1-3H3. The number of carbonyl (C=O) groups is 1. The maximum absolute atomic E-state index is 11.8. The summed E-state index contributed by atoms with van der Waals surface area (Å²) in [6.45, 7) is 8.98. The van der Waals surface area contributed by atoms with E-state index < -0.39 is 5.97 Å². The number of esters is 1. The molecule has 0 aliphatic carbocycles. The lowest BCUT2D eigenvalue weighted by Gasteiger charge is -2.20. The van der Waals surface area contributed by atoms with E-state index in [4.69, 9.17) is 14.7 Å². The Bertz CT molecular complexity index is 555. The first-order valence-corrected chi connectivity index (χ1v) is 7.87. The van der Waals surface area contributed by atoms with Crippen molar-refractivity contribution in [2.24, 2.45) is 0 Å². The molecule has 0 unspecified atom stereocenters. The summed E-state index contributed by atoms with van der Waals surface area (Å²) in [6.07, 6.45) is 1.54. The fraction of sp³-hybridized carbons (Fsp3) is 0.444. The van der Waals surface area contributed by atoms with Gasteiger partial charge in [0.15, 0.2) is 0 Å². The van der Waals surface area contributed by atoms with Gasteiger partial charge in [0.1, 0.15) is 18.2 Å². The normalized spacial score (nSPS) is 11.0. The Labute approximate surface area is 138 Å². The first kappa shape index (κ1) is 18.7. The molecule has 5 heteroatoms. The second-order valence-electron chi connectivity index (χ2n) is 4.77. The van der Waals surface area contributed by atoms with Crippen LogP contribution in [0.5, 0.6) is 0 Å². The van der Waals surface area contributed by atoms with Crippen LogP contribution in [0, 0.1) is 11.3 Å². The van der Waals surface area contributed by atoms with Gasteiger partial charge in [0.25, 0.3) is 0 Å². The number of hydrogen-bond donors (Lipinski definition) is 0. The van der Waals surface area contributed by atoms with Gasteiger partial charge in [0, 0.05) is 25.4 Å². The van der Waals surface area contributed by atoms with Gasteiger partial charge in [-0.1, -0.05) is 12.1 Å². The second-order valence-corrected chi connectivity index (χ2v) is 4.77. The van der Waals surface area contributed by atoms with Crippen molar-refractivity contribution >= 4 is 17.7 Å². The number of hydrogen-bond acceptors (Lipinski definition) is 5. The quantitative estimate of drug-likeness (QED) is 0.303. The molecule has 0 aliphatic rings. The first-order chi connectivity index (χ1) is 11.2. The zero-order valence-corrected chi connectivity index (χ0v) is 14.0. The molecule has 0 aliphatic heterocycles. The molecule has 1 aromatic rings. The Morgan fingerprint density at radius 2 is 1.83 bits per heavy atom. The van der Waals surface area contributed by atoms with Crippen LogP contribution in [0.1, 0.15) is 26.3 Å². The third-order valence-electron chi connectivity index (χ3n) is 3.34. The zero-order valence-electron chi connectivity index (χ0n) is 14.0. The number of ether oxygens (including phenoxy) is 2. The number of rotatable bonds is 9. The molecule has 23 heavy (non-hydrogen) atoms. The molecule has 0 N–H and O–H groups in total. The van der Waals surface area contributed by atoms with Crippen LogP contribution in [0.15, 0.2) is 29.8 Å². The Hall–Kier alpha value is -2.32. The Kier molecular flexibility index (Phi) is 8.48. The highest BCUT2D eigenvalue weighted by Crippen LogP contribution is 2.17. The van der Waals surface area contributed by atoms with Crippen LogP contribution < -0.4 is 4.90 Å². The van der Waals surface area contributed by atoms with Crippen LogP contribution in [0.3, 0.4) is 0 Å². The van der Waals surface area contributed by atoms with E-state index in [-0.39, 0.29) is 12.2 Å². The van der Waals surface area contributed by atoms with E-state index in [1.165, 1.54) is 6.08 Å². The van der Waals surface area contributed by atoms with Gasteiger partial charge >= 0.3 is 5.97 Å². The molecule has 0 heterocycles. The van der Waals surface area contributed by atoms with E-state index in [9.17, 15) is 4.79 Å². The molecule has 1 rings (SSSR count). The molecule has 0 saturated carbocycles. The SMILES string of the molecule is CCOCCOC(=O)C(C#N)=Cc1ccc(N(CC)CC)cc1. The van der Waals surface area contributed by atoms with Gasteiger partial charge in [-0.2, -0.15) is 5.26 Å². The molecule has 124 valence electrons. The van der Waals surface area contributed by atoms with Gasteiger partial charge in [-0.15, -0.1) is 0 Å². The van der Waals surface area contributed by atoms with E-state index >= 15 is 0 Å². The Morgan fingerprint density at radius 3 is 2.35 bits per heavy atom. The summed E-state index contributed by atoms with van der Waals surface area (Å²) in [5, 5.41) is 9.12. The molecule has 1 aromatic carbocycles. The molecular formula is C18H24N2O3. The topological polar surface area (TPSA) is 62.6 Å². The minimum Gasteiger partial charge on any atom is -0.459 e. The van der Waals surface area contributed by atoms with Crippen LogP contribution in [-0.2, 0) is 14.3 Å². The maximum atomic E-state index is 11.8. The van der Waals surface area contributed by atoms with E-state index in [0.29, 0.717) is 13.2 Å². The number of nitrogens with zero attached hydrogens (tertiary/aromatic N) is 2. The van der Waals surface area contributed by atoms with Crippen LogP contribution in [0.25, 0.3) is 6.08 Å². The van der Waals surface area contributed by atoms with Crippen molar-refractivity contribution in [1.29, 1.82) is 5.26 Å². The number of nitriles is 1. The number of carbonyl (C=O) groups excluding carboxylic acids is 1. The molecule has 0 atom stereocenters. The Morgan fingerprint density at radius 1 is 1.17 bits per heavy atom. The lowest BCUT2D eigenvalue weighted by atomic mass is 10.1. The zero-order chi connectivity index (χ0) is 17.1. The molecule has 0 aromatic heterocycles. The molecule has 0 bridgehead atoms. The molecule has 5 nitrogen and oxygen atoms in total. The molecule has 0 fully saturated rings. The van der Waals surface area contributed by atoms with Crippen LogP contribution in [0.2, 0.25) is 0 Å². The predicted molar refractivity (Wildman–Crippen MR) is 91.0 cm³/mol. The molecular weight excluding hydrogens is 292 g/mol. The summed E-state index contributed by atoms with van der Waals surface area (Å²) < 4.78 is 10.1. The van der Waals surface area contributed by atoms with Crippen molar-refractivity contribution in [1.82, 2.24) is 0 Å². The monoisotopic (exact) mass is 316 g/mol. The molecule has 0 saturated heterocycles. The van der Waals surface area contributed by atoms with E-state index in [2.05, 4.69) is 18.7 Å². The smallest absolute Gasteiger partial charge is 0.348 e. The van der Waals surface area contributed by atoms with Crippen LogP contribution in [-0.4, -0.2) is 38.9 Å². The molecule has 0 amide bonds. The minimum atomic E-state index is -0.625. The van der Waals surface area contributed by atoms with Crippen LogP contribution in [0.4, 0.5) is 5.69 Å². The van der Waals surface area contributed by atoms with Crippen molar-refractivity contribution in [3.63, 3.8) is 0 Å². The van der Waals surface area contributed by atoms with Crippen molar-refractivity contribution in [2.45, 2.75) is 20.8 Å². The van der Waals surface area contributed by atoms with Crippen molar-refractivity contribution in [2.75, 3.05) is 37.8 Å². The summed E-state index contributed by atoms with van der Waals surface area (Å²) >= 11 is 0. The van der Waals surface area contributed by atoms with Gasteiger partial charge in [0.05, 0.1) is 6.61 Å². The van der Waals surface area contributed by atoms with E-state index in [1.54, 1.807) is 0 Å². The maximum Gasteiger partial charge on any atom is 0.348 e. The van der Waals surface area contributed by atoms with Gasteiger partial charge < -0.3 is 14.4 Å². The highest BCUT2D eigenvalue weighted by molar-refractivity contribution is 5.97. The highest BCUT2D eigenvalue weighted by atomic mass is 16.6. The molecule has 0 radical (unpaired) electrons. The van der Waals surface area contributed by atoms with Gasteiger partial charge in [0.2, 0.25) is 0 Å². The van der Waals surface area contributed by atoms with E-state index in [1.807, 2.05) is 37.3 Å². The summed E-state index contributed by atoms with van der Waals surface area (Å²) in [4.78, 5) is 14.1. The van der Waals surface area contributed by atoms with Crippen molar-refractivity contribution in [3.05, 3.63) is 35.4 Å². The summed E-state index contributed by atoms with van der Waals surface area (Å²) in [7, 11) is 0. The number of benzene rings is 1. The van der Waals surface area contributed by atoms with Gasteiger partial charge in [-0.05, 0) is 44.5 Å². The second kappa shape index (κ2) is 10.4. The largest absolute Gasteiger partial charge is 0.459 e. The third-order valence-corrected chi connectivity index (χ3v) is 3.34. The summed E-state index contributed by atoms with van der Waals surface area (Å²) in [5.41, 5.74) is 1.89. The van der Waals surface area contributed by atoms with E-state index in [0.717, 1.165) is 24.3 Å². The van der Waals surface area contributed by atoms with Gasteiger partial charge in [-0.25, -0.2) is 4.79 Å². The van der Waals surface area contributed by atoms with Crippen LogP contribution >= 0.6 is 0 Å². The third kappa shape index (κ3) is 6.13. The molecule has 0 spiro atoms. The fourth-order valence-corrected chi connectivity index (χ4v) is 2.09. The lowest BCUT2D eigenvalue weighted by Crippen LogP contribution is -2.21. The first-order valence-electron chi connectivity index (χ1n) is 7.87. The predicted octanol–water partition coefficient (Wildman–Crippen LogP) is 3.02. The van der Waals surface area contributed by atoms with Gasteiger partial charge in [-0.3, -0.25) is 0 Å². The lowest BCUT2D eigenvalue weighted by molar-refractivity contribution is -0.139. The average Bonchev–Trinajstić information content (AvgIpc) is 2.58. The van der Waals surface area contributed by atoms with Crippen molar-refractivity contribution < 1.29 is 14.3 Å². The highest BCUT2D eigenvalue weighted by Gasteiger charge is 2.10. The number of anilines is 1. The average molecular weight is 316 g/mol. The summed E-state index contributed by atoms with van der Waals surface area (Å²) in [6, 6.07) is 9.62. The van der Waals surface area contributed by atoms with Crippen molar-refractivity contribution in [3.8, 4) is 6.07 Å². The fourth-order valence-electron chi connectivity index (χ4n) is 2.09. The minimum absolute atomic E-state index is 0.0166. The summed E-state index contributed by atoms with van der Waals surface area (Å²) in [5.74, 6) is -0.625.